The van der Waals surface area contributed by atoms with Crippen LogP contribution in [0.1, 0.15) is 11.1 Å². The monoisotopic (exact) mass is 395 g/mol. The molecule has 0 aliphatic carbocycles. The molecule has 20 heavy (non-hydrogen) atoms. The van der Waals surface area contributed by atoms with Crippen molar-refractivity contribution >= 4 is 45.1 Å². The van der Waals surface area contributed by atoms with Gasteiger partial charge in [0.1, 0.15) is 0 Å². The molecule has 1 heterocycles. The highest BCUT2D eigenvalue weighted by Crippen LogP contribution is 2.22. The summed E-state index contributed by atoms with van der Waals surface area (Å²) in [6, 6.07) is 18.4. The smallest absolute Gasteiger partial charge is 0.0719 e. The lowest BCUT2D eigenvalue weighted by atomic mass is 10.0. The van der Waals surface area contributed by atoms with Gasteiger partial charge in [-0.25, -0.2) is 0 Å². The van der Waals surface area contributed by atoms with E-state index in [1.54, 1.807) is 0 Å². The number of aromatic nitrogens is 1. The van der Waals surface area contributed by atoms with Crippen molar-refractivity contribution < 1.29 is 0 Å². The molecule has 1 nitrogen and oxygen atoms in total. The van der Waals surface area contributed by atoms with Crippen LogP contribution >= 0.6 is 34.2 Å². The summed E-state index contributed by atoms with van der Waals surface area (Å²) in [5, 5.41) is 1.90. The zero-order valence-electron chi connectivity index (χ0n) is 11.2. The van der Waals surface area contributed by atoms with Crippen LogP contribution in [0.3, 0.4) is 0 Å². The van der Waals surface area contributed by atoms with Crippen LogP contribution in [-0.2, 0) is 6.42 Å². The first kappa shape index (κ1) is 15.3. The van der Waals surface area contributed by atoms with Crippen LogP contribution in [-0.4, -0.2) is 9.91 Å². The second-order valence-electron chi connectivity index (χ2n) is 4.29. The van der Waals surface area contributed by atoms with E-state index in [4.69, 9.17) is 11.6 Å². The lowest BCUT2D eigenvalue weighted by Gasteiger charge is -2.06. The molecule has 0 radical (unpaired) electrons. The Kier molecular flexibility index (Phi) is 5.80. The van der Waals surface area contributed by atoms with Gasteiger partial charge in [0.15, 0.2) is 0 Å². The molecule has 0 atom stereocenters. The van der Waals surface area contributed by atoms with Crippen LogP contribution in [0.2, 0.25) is 5.02 Å². The second kappa shape index (κ2) is 7.60. The highest BCUT2D eigenvalue weighted by molar-refractivity contribution is 14.1. The first-order chi connectivity index (χ1) is 9.83. The van der Waals surface area contributed by atoms with Gasteiger partial charge >= 0.3 is 0 Å². The normalized spacial score (nSPS) is 9.95. The quantitative estimate of drug-likeness (QED) is 0.411. The standard InChI is InChI=1S/C16H12ClN.CH3I/c17-14-6-7-15-13(8-9-18-16(15)11-14)10-12-4-2-1-3-5-12;1-2/h1-9,11H,10H2;1H3. The number of halogens is 2. The number of pyridine rings is 1. The minimum Gasteiger partial charge on any atom is -0.256 e. The van der Waals surface area contributed by atoms with Gasteiger partial charge in [0.25, 0.3) is 0 Å². The van der Waals surface area contributed by atoms with Crippen LogP contribution in [0.5, 0.6) is 0 Å². The molecule has 3 aromatic rings. The van der Waals surface area contributed by atoms with Crippen molar-refractivity contribution in [2.75, 3.05) is 4.93 Å². The molecule has 0 amide bonds. The molecule has 0 aliphatic rings. The highest BCUT2D eigenvalue weighted by atomic mass is 127. The number of hydrogen-bond donors (Lipinski definition) is 0. The summed E-state index contributed by atoms with van der Waals surface area (Å²) < 4.78 is 0. The Morgan fingerprint density at radius 3 is 2.50 bits per heavy atom. The summed E-state index contributed by atoms with van der Waals surface area (Å²) in [6.07, 6.45) is 2.76. The number of fused-ring (bicyclic) bond motifs is 1. The largest absolute Gasteiger partial charge is 0.256 e. The number of benzene rings is 2. The first-order valence-electron chi connectivity index (χ1n) is 6.28. The molecule has 0 aliphatic heterocycles. The van der Waals surface area contributed by atoms with Crippen molar-refractivity contribution in [2.24, 2.45) is 0 Å². The Morgan fingerprint density at radius 1 is 1.00 bits per heavy atom. The molecule has 3 heteroatoms. The van der Waals surface area contributed by atoms with Gasteiger partial charge in [-0.15, -0.1) is 0 Å². The Balaban J connectivity index is 0.000000704. The highest BCUT2D eigenvalue weighted by Gasteiger charge is 2.03. The van der Waals surface area contributed by atoms with Crippen molar-refractivity contribution in [3.63, 3.8) is 0 Å². The van der Waals surface area contributed by atoms with E-state index in [9.17, 15) is 0 Å². The molecule has 2 aromatic carbocycles. The summed E-state index contributed by atoms with van der Waals surface area (Å²) >= 11 is 8.14. The summed E-state index contributed by atoms with van der Waals surface area (Å²) in [5.74, 6) is 0. The van der Waals surface area contributed by atoms with Gasteiger partial charge in [-0.1, -0.05) is 70.6 Å². The van der Waals surface area contributed by atoms with E-state index in [0.29, 0.717) is 0 Å². The zero-order valence-corrected chi connectivity index (χ0v) is 14.1. The lowest BCUT2D eigenvalue weighted by molar-refractivity contribution is 1.20. The van der Waals surface area contributed by atoms with Gasteiger partial charge < -0.3 is 0 Å². The minimum absolute atomic E-state index is 0.729. The van der Waals surface area contributed by atoms with Gasteiger partial charge in [-0.2, -0.15) is 0 Å². The molecule has 1 aromatic heterocycles. The summed E-state index contributed by atoms with van der Waals surface area (Å²) in [5.41, 5.74) is 3.54. The summed E-state index contributed by atoms with van der Waals surface area (Å²) in [7, 11) is 0. The number of rotatable bonds is 2. The van der Waals surface area contributed by atoms with E-state index >= 15 is 0 Å². The maximum absolute atomic E-state index is 5.99. The third-order valence-electron chi connectivity index (χ3n) is 3.03. The fourth-order valence-corrected chi connectivity index (χ4v) is 2.32. The third-order valence-corrected chi connectivity index (χ3v) is 3.27. The van der Waals surface area contributed by atoms with Crippen LogP contribution in [0.4, 0.5) is 0 Å². The zero-order chi connectivity index (χ0) is 14.4. The number of nitrogens with zero attached hydrogens (tertiary/aromatic N) is 1. The number of hydrogen-bond acceptors (Lipinski definition) is 1. The van der Waals surface area contributed by atoms with Crippen molar-refractivity contribution in [3.05, 3.63) is 76.9 Å². The fraction of sp³-hybridized carbons (Fsp3) is 0.118. The van der Waals surface area contributed by atoms with Crippen LogP contribution in [0.15, 0.2) is 60.8 Å². The first-order valence-corrected chi connectivity index (χ1v) is 8.81. The molecular weight excluding hydrogens is 381 g/mol. The van der Waals surface area contributed by atoms with Crippen LogP contribution in [0, 0.1) is 0 Å². The average Bonchev–Trinajstić information content (AvgIpc) is 2.50. The Hall–Kier alpha value is -1.13. The topological polar surface area (TPSA) is 12.9 Å². The Labute approximate surface area is 138 Å². The van der Waals surface area contributed by atoms with Gasteiger partial charge in [0, 0.05) is 16.6 Å². The lowest BCUT2D eigenvalue weighted by Crippen LogP contribution is -1.91. The molecule has 0 saturated carbocycles. The fourth-order valence-electron chi connectivity index (χ4n) is 2.15. The van der Waals surface area contributed by atoms with E-state index in [0.717, 1.165) is 17.0 Å². The molecule has 0 saturated heterocycles. The van der Waals surface area contributed by atoms with E-state index in [-0.39, 0.29) is 0 Å². The maximum Gasteiger partial charge on any atom is 0.0719 e. The average molecular weight is 396 g/mol. The molecule has 102 valence electrons. The van der Waals surface area contributed by atoms with E-state index in [2.05, 4.69) is 57.9 Å². The van der Waals surface area contributed by atoms with E-state index in [1.165, 1.54) is 16.5 Å². The molecule has 3 rings (SSSR count). The van der Waals surface area contributed by atoms with Gasteiger partial charge in [0.05, 0.1) is 5.52 Å². The molecule has 0 unspecified atom stereocenters. The van der Waals surface area contributed by atoms with Crippen molar-refractivity contribution in [2.45, 2.75) is 6.42 Å². The van der Waals surface area contributed by atoms with Crippen LogP contribution < -0.4 is 0 Å². The predicted molar refractivity (Wildman–Crippen MR) is 95.9 cm³/mol. The molecule has 0 fully saturated rings. The van der Waals surface area contributed by atoms with E-state index in [1.807, 2.05) is 35.4 Å². The molecule has 0 N–H and O–H groups in total. The summed E-state index contributed by atoms with van der Waals surface area (Å²) in [4.78, 5) is 6.33. The van der Waals surface area contributed by atoms with E-state index < -0.39 is 0 Å². The van der Waals surface area contributed by atoms with Crippen LogP contribution in [0.25, 0.3) is 10.9 Å². The maximum atomic E-state index is 5.99. The van der Waals surface area contributed by atoms with Gasteiger partial charge in [0.2, 0.25) is 0 Å². The molecule has 0 spiro atoms. The van der Waals surface area contributed by atoms with Crippen molar-refractivity contribution in [1.82, 2.24) is 4.98 Å². The predicted octanol–water partition coefficient (Wildman–Crippen LogP) is 5.53. The number of alkyl halides is 1. The molecule has 0 bridgehead atoms. The van der Waals surface area contributed by atoms with Crippen molar-refractivity contribution in [1.29, 1.82) is 0 Å². The third kappa shape index (κ3) is 3.70. The van der Waals surface area contributed by atoms with Gasteiger partial charge in [-0.3, -0.25) is 4.98 Å². The Morgan fingerprint density at radius 2 is 1.75 bits per heavy atom. The van der Waals surface area contributed by atoms with Crippen molar-refractivity contribution in [3.8, 4) is 0 Å². The SMILES string of the molecule is CI.Clc1ccc2c(Cc3ccccc3)ccnc2c1. The second-order valence-corrected chi connectivity index (χ2v) is 4.73. The minimum atomic E-state index is 0.729. The Bertz CT molecular complexity index is 683. The molecular formula is C17H15ClIN. The summed E-state index contributed by atoms with van der Waals surface area (Å²) in [6.45, 7) is 0. The van der Waals surface area contributed by atoms with Gasteiger partial charge in [-0.05, 0) is 40.7 Å².